The molecule has 0 amide bonds. The number of aliphatic hydroxyl groups excluding tert-OH is 1. The largest absolute Gasteiger partial charge is 0.374 e. The molecule has 2 rings (SSSR count). The third-order valence-electron chi connectivity index (χ3n) is 2.56. The minimum atomic E-state index is -0.484. The van der Waals surface area contributed by atoms with Crippen LogP contribution in [0.1, 0.15) is 12.0 Å². The van der Waals surface area contributed by atoms with Crippen molar-refractivity contribution in [3.05, 3.63) is 29.6 Å². The molecule has 1 aliphatic rings. The van der Waals surface area contributed by atoms with Gasteiger partial charge in [-0.15, -0.1) is 0 Å². The maximum absolute atomic E-state index is 13.0. The van der Waals surface area contributed by atoms with E-state index in [9.17, 15) is 9.50 Å². The predicted molar refractivity (Wildman–Crippen MR) is 52.3 cm³/mol. The van der Waals surface area contributed by atoms with E-state index in [0.29, 0.717) is 12.2 Å². The molecule has 0 bridgehead atoms. The molecule has 1 aliphatic heterocycles. The van der Waals surface area contributed by atoms with Crippen LogP contribution in [0.2, 0.25) is 0 Å². The van der Waals surface area contributed by atoms with Gasteiger partial charge in [0, 0.05) is 25.2 Å². The summed E-state index contributed by atoms with van der Waals surface area (Å²) in [6.45, 7) is 1.12. The molecule has 1 fully saturated rings. The fourth-order valence-electron chi connectivity index (χ4n) is 1.63. The van der Waals surface area contributed by atoms with Gasteiger partial charge in [0.2, 0.25) is 0 Å². The lowest BCUT2D eigenvalue weighted by molar-refractivity contribution is 0.113. The summed E-state index contributed by atoms with van der Waals surface area (Å²) >= 11 is 0. The molecule has 1 aromatic carbocycles. The van der Waals surface area contributed by atoms with Crippen molar-refractivity contribution in [1.29, 1.82) is 0 Å². The molecule has 1 saturated heterocycles. The van der Waals surface area contributed by atoms with Crippen LogP contribution in [0.25, 0.3) is 0 Å². The van der Waals surface area contributed by atoms with Crippen molar-refractivity contribution in [1.82, 2.24) is 0 Å². The number of anilines is 1. The van der Waals surface area contributed by atoms with Gasteiger partial charge < -0.3 is 15.7 Å². The zero-order valence-corrected chi connectivity index (χ0v) is 7.78. The SMILES string of the molecule is NCc1ccc(F)cc1N1CCC1O. The van der Waals surface area contributed by atoms with Crippen LogP contribution in [0, 0.1) is 5.82 Å². The first-order chi connectivity index (χ1) is 6.72. The van der Waals surface area contributed by atoms with Crippen molar-refractivity contribution < 1.29 is 9.50 Å². The summed E-state index contributed by atoms with van der Waals surface area (Å²) in [5.74, 6) is -0.295. The van der Waals surface area contributed by atoms with E-state index < -0.39 is 6.23 Å². The minimum Gasteiger partial charge on any atom is -0.374 e. The zero-order valence-electron chi connectivity index (χ0n) is 7.78. The van der Waals surface area contributed by atoms with Crippen molar-refractivity contribution in [3.63, 3.8) is 0 Å². The number of hydrogen-bond donors (Lipinski definition) is 2. The van der Waals surface area contributed by atoms with Crippen molar-refractivity contribution in [2.24, 2.45) is 5.73 Å². The van der Waals surface area contributed by atoms with Gasteiger partial charge in [-0.1, -0.05) is 6.07 Å². The van der Waals surface area contributed by atoms with Crippen molar-refractivity contribution >= 4 is 5.69 Å². The van der Waals surface area contributed by atoms with Gasteiger partial charge in [-0.3, -0.25) is 0 Å². The number of hydrogen-bond acceptors (Lipinski definition) is 3. The Kier molecular flexibility index (Phi) is 2.39. The second kappa shape index (κ2) is 3.55. The fourth-order valence-corrected chi connectivity index (χ4v) is 1.63. The van der Waals surface area contributed by atoms with Gasteiger partial charge in [-0.25, -0.2) is 4.39 Å². The molecular formula is C10H13FN2O. The number of halogens is 1. The van der Waals surface area contributed by atoms with Gasteiger partial charge in [0.15, 0.2) is 0 Å². The van der Waals surface area contributed by atoms with Gasteiger partial charge in [-0.2, -0.15) is 0 Å². The highest BCUT2D eigenvalue weighted by atomic mass is 19.1. The summed E-state index contributed by atoms with van der Waals surface area (Å²) in [6, 6.07) is 4.47. The monoisotopic (exact) mass is 196 g/mol. The number of rotatable bonds is 2. The quantitative estimate of drug-likeness (QED) is 0.736. The molecule has 1 aromatic rings. The summed E-state index contributed by atoms with van der Waals surface area (Å²) < 4.78 is 13.0. The summed E-state index contributed by atoms with van der Waals surface area (Å²) in [4.78, 5) is 1.76. The summed E-state index contributed by atoms with van der Waals surface area (Å²) in [5.41, 5.74) is 7.11. The minimum absolute atomic E-state index is 0.295. The average molecular weight is 196 g/mol. The maximum Gasteiger partial charge on any atom is 0.128 e. The van der Waals surface area contributed by atoms with Crippen LogP contribution in [0.15, 0.2) is 18.2 Å². The molecule has 4 heteroatoms. The van der Waals surface area contributed by atoms with Crippen LogP contribution < -0.4 is 10.6 Å². The van der Waals surface area contributed by atoms with E-state index in [2.05, 4.69) is 0 Å². The second-order valence-electron chi connectivity index (χ2n) is 3.44. The summed E-state index contributed by atoms with van der Waals surface area (Å²) in [6.07, 6.45) is 0.252. The standard InChI is InChI=1S/C10H13FN2O/c11-8-2-1-7(6-12)9(5-8)13-4-3-10(13)14/h1-2,5,10,14H,3-4,6,12H2. The van der Waals surface area contributed by atoms with E-state index >= 15 is 0 Å². The molecule has 0 saturated carbocycles. The summed E-state index contributed by atoms with van der Waals surface area (Å²) in [7, 11) is 0. The fraction of sp³-hybridized carbons (Fsp3) is 0.400. The first kappa shape index (κ1) is 9.43. The lowest BCUT2D eigenvalue weighted by Crippen LogP contribution is -2.48. The molecule has 3 nitrogen and oxygen atoms in total. The molecule has 76 valence electrons. The molecule has 0 spiro atoms. The van der Waals surface area contributed by atoms with Crippen LogP contribution in [0.4, 0.5) is 10.1 Å². The molecule has 3 N–H and O–H groups in total. The Morgan fingerprint density at radius 2 is 2.36 bits per heavy atom. The first-order valence-electron chi connectivity index (χ1n) is 4.65. The first-order valence-corrected chi connectivity index (χ1v) is 4.65. The van der Waals surface area contributed by atoms with Crippen molar-refractivity contribution in [3.8, 4) is 0 Å². The lowest BCUT2D eigenvalue weighted by Gasteiger charge is -2.40. The molecule has 0 aliphatic carbocycles. The van der Waals surface area contributed by atoms with Crippen molar-refractivity contribution in [2.75, 3.05) is 11.4 Å². The molecule has 0 radical (unpaired) electrons. The van der Waals surface area contributed by atoms with E-state index in [0.717, 1.165) is 18.5 Å². The van der Waals surface area contributed by atoms with Gasteiger partial charge >= 0.3 is 0 Å². The van der Waals surface area contributed by atoms with Gasteiger partial charge in [-0.05, 0) is 17.7 Å². The van der Waals surface area contributed by atoms with Gasteiger partial charge in [0.05, 0.1) is 0 Å². The smallest absolute Gasteiger partial charge is 0.128 e. The number of nitrogens with zero attached hydrogens (tertiary/aromatic N) is 1. The highest BCUT2D eigenvalue weighted by Gasteiger charge is 2.27. The Hall–Kier alpha value is -1.13. The number of aliphatic hydroxyl groups is 1. The Bertz CT molecular complexity index is 343. The average Bonchev–Trinajstić information content (AvgIpc) is 2.16. The van der Waals surface area contributed by atoms with Crippen LogP contribution in [-0.2, 0) is 6.54 Å². The highest BCUT2D eigenvalue weighted by Crippen LogP contribution is 2.28. The third-order valence-corrected chi connectivity index (χ3v) is 2.56. The second-order valence-corrected chi connectivity index (χ2v) is 3.44. The van der Waals surface area contributed by atoms with Gasteiger partial charge in [0.25, 0.3) is 0 Å². The molecule has 1 heterocycles. The van der Waals surface area contributed by atoms with Crippen LogP contribution in [-0.4, -0.2) is 17.9 Å². The Morgan fingerprint density at radius 3 is 2.86 bits per heavy atom. The van der Waals surface area contributed by atoms with Crippen LogP contribution in [0.5, 0.6) is 0 Å². The molecular weight excluding hydrogens is 183 g/mol. The topological polar surface area (TPSA) is 49.5 Å². The zero-order chi connectivity index (χ0) is 10.1. The van der Waals surface area contributed by atoms with Crippen LogP contribution >= 0.6 is 0 Å². The van der Waals surface area contributed by atoms with Crippen LogP contribution in [0.3, 0.4) is 0 Å². The Morgan fingerprint density at radius 1 is 1.57 bits per heavy atom. The van der Waals surface area contributed by atoms with E-state index in [4.69, 9.17) is 5.73 Å². The molecule has 0 aromatic heterocycles. The number of nitrogens with two attached hydrogens (primary N) is 1. The normalized spacial score (nSPS) is 20.8. The van der Waals surface area contributed by atoms with E-state index in [1.807, 2.05) is 0 Å². The highest BCUT2D eigenvalue weighted by molar-refractivity contribution is 5.55. The van der Waals surface area contributed by atoms with Gasteiger partial charge in [0.1, 0.15) is 12.0 Å². The molecule has 1 unspecified atom stereocenters. The number of benzene rings is 1. The summed E-state index contributed by atoms with van der Waals surface area (Å²) in [5, 5.41) is 9.43. The Balaban J connectivity index is 2.34. The lowest BCUT2D eigenvalue weighted by atomic mass is 10.1. The predicted octanol–water partition coefficient (Wildman–Crippen LogP) is 0.813. The van der Waals surface area contributed by atoms with Crippen molar-refractivity contribution in [2.45, 2.75) is 19.2 Å². The third kappa shape index (κ3) is 1.47. The molecule has 1 atom stereocenters. The Labute approximate surface area is 81.9 Å². The van der Waals surface area contributed by atoms with E-state index in [1.54, 1.807) is 11.0 Å². The maximum atomic E-state index is 13.0. The van der Waals surface area contributed by atoms with E-state index in [1.165, 1.54) is 12.1 Å². The molecule has 14 heavy (non-hydrogen) atoms. The van der Waals surface area contributed by atoms with E-state index in [-0.39, 0.29) is 5.82 Å².